The molecule has 0 aliphatic carbocycles. The topological polar surface area (TPSA) is 102 Å². The molecule has 0 heterocycles. The third kappa shape index (κ3) is 5.32. The van der Waals surface area contributed by atoms with Crippen LogP contribution in [-0.2, 0) is 11.2 Å². The molecule has 25 heavy (non-hydrogen) atoms. The van der Waals surface area contributed by atoms with Crippen LogP contribution < -0.4 is 11.1 Å². The van der Waals surface area contributed by atoms with E-state index in [1.54, 1.807) is 6.92 Å². The third-order valence-electron chi connectivity index (χ3n) is 3.61. The number of nitrogens with two attached hydrogens (primary N) is 1. The summed E-state index contributed by atoms with van der Waals surface area (Å²) in [4.78, 5) is 24.3. The van der Waals surface area contributed by atoms with Gasteiger partial charge in [0.05, 0.1) is 24.8 Å². The smallest absolute Gasteiger partial charge is 0.338 e. The number of hydrogen-bond donors (Lipinski definition) is 3. The molecule has 2 aromatic carbocycles. The SMILES string of the molecule is CCOC(=O)c1cc(N)cc(C(=O)NC(CO)Cc2ccccc2)c1. The van der Waals surface area contributed by atoms with Crippen molar-refractivity contribution in [3.8, 4) is 0 Å². The summed E-state index contributed by atoms with van der Waals surface area (Å²) in [7, 11) is 0. The number of benzene rings is 2. The fraction of sp³-hybridized carbons (Fsp3) is 0.263. The lowest BCUT2D eigenvalue weighted by molar-refractivity contribution is 0.0526. The number of carbonyl (C=O) groups is 2. The Bertz CT molecular complexity index is 731. The van der Waals surface area contributed by atoms with E-state index in [1.165, 1.54) is 18.2 Å². The Balaban J connectivity index is 2.12. The number of hydrogen-bond acceptors (Lipinski definition) is 5. The van der Waals surface area contributed by atoms with Crippen LogP contribution >= 0.6 is 0 Å². The summed E-state index contributed by atoms with van der Waals surface area (Å²) in [6.45, 7) is 1.74. The van der Waals surface area contributed by atoms with E-state index in [-0.39, 0.29) is 24.3 Å². The van der Waals surface area contributed by atoms with Gasteiger partial charge in [0.2, 0.25) is 0 Å². The molecule has 1 amide bonds. The minimum absolute atomic E-state index is 0.201. The quantitative estimate of drug-likeness (QED) is 0.526. The Morgan fingerprint density at radius 1 is 1.16 bits per heavy atom. The summed E-state index contributed by atoms with van der Waals surface area (Å²) in [5.74, 6) is -0.945. The normalized spacial score (nSPS) is 11.6. The summed E-state index contributed by atoms with van der Waals surface area (Å²) < 4.78 is 4.93. The fourth-order valence-corrected chi connectivity index (χ4v) is 2.44. The molecule has 2 aromatic rings. The summed E-state index contributed by atoms with van der Waals surface area (Å²) >= 11 is 0. The number of nitrogen functional groups attached to an aromatic ring is 1. The van der Waals surface area contributed by atoms with Crippen LogP contribution in [-0.4, -0.2) is 36.2 Å². The first-order valence-corrected chi connectivity index (χ1v) is 8.06. The van der Waals surface area contributed by atoms with Gasteiger partial charge >= 0.3 is 5.97 Å². The van der Waals surface area contributed by atoms with Gasteiger partial charge in [0, 0.05) is 11.3 Å². The minimum Gasteiger partial charge on any atom is -0.462 e. The molecule has 0 fully saturated rings. The lowest BCUT2D eigenvalue weighted by atomic mass is 10.0. The molecule has 0 bridgehead atoms. The minimum atomic E-state index is -0.535. The highest BCUT2D eigenvalue weighted by molar-refractivity contribution is 5.99. The van der Waals surface area contributed by atoms with E-state index >= 15 is 0 Å². The second kappa shape index (κ2) is 8.84. The largest absolute Gasteiger partial charge is 0.462 e. The highest BCUT2D eigenvalue weighted by Crippen LogP contribution is 2.14. The first-order valence-electron chi connectivity index (χ1n) is 8.06. The fourth-order valence-electron chi connectivity index (χ4n) is 2.44. The molecule has 0 aliphatic heterocycles. The average Bonchev–Trinajstić information content (AvgIpc) is 2.61. The van der Waals surface area contributed by atoms with E-state index in [4.69, 9.17) is 10.5 Å². The first-order chi connectivity index (χ1) is 12.0. The Morgan fingerprint density at radius 2 is 1.84 bits per heavy atom. The second-order valence-electron chi connectivity index (χ2n) is 5.61. The van der Waals surface area contributed by atoms with Crippen molar-refractivity contribution in [2.45, 2.75) is 19.4 Å². The van der Waals surface area contributed by atoms with Crippen molar-refractivity contribution in [2.75, 3.05) is 18.9 Å². The van der Waals surface area contributed by atoms with Gasteiger partial charge in [-0.05, 0) is 37.1 Å². The molecule has 0 saturated carbocycles. The number of aliphatic hydroxyl groups is 1. The lowest BCUT2D eigenvalue weighted by Crippen LogP contribution is -2.39. The standard InChI is InChI=1S/C19H22N2O4/c1-2-25-19(24)15-9-14(10-16(20)11-15)18(23)21-17(12-22)8-13-6-4-3-5-7-13/h3-7,9-11,17,22H,2,8,12,20H2,1H3,(H,21,23). The number of esters is 1. The predicted octanol–water partition coefficient (Wildman–Crippen LogP) is 1.78. The summed E-state index contributed by atoms with van der Waals surface area (Å²) in [5.41, 5.74) is 7.54. The summed E-state index contributed by atoms with van der Waals surface area (Å²) in [6, 6.07) is 13.5. The van der Waals surface area contributed by atoms with Crippen LogP contribution in [0, 0.1) is 0 Å². The van der Waals surface area contributed by atoms with Gasteiger partial charge in [-0.2, -0.15) is 0 Å². The average molecular weight is 342 g/mol. The van der Waals surface area contributed by atoms with E-state index in [0.717, 1.165) is 5.56 Å². The number of amides is 1. The molecule has 2 rings (SSSR count). The Morgan fingerprint density at radius 3 is 2.48 bits per heavy atom. The van der Waals surface area contributed by atoms with Crippen LogP contribution in [0.25, 0.3) is 0 Å². The van der Waals surface area contributed by atoms with Crippen molar-refractivity contribution in [1.82, 2.24) is 5.32 Å². The van der Waals surface area contributed by atoms with Gasteiger partial charge in [-0.25, -0.2) is 4.79 Å². The van der Waals surface area contributed by atoms with Crippen LogP contribution in [0.1, 0.15) is 33.2 Å². The van der Waals surface area contributed by atoms with Crippen molar-refractivity contribution in [3.05, 3.63) is 65.2 Å². The van der Waals surface area contributed by atoms with E-state index in [2.05, 4.69) is 5.32 Å². The molecule has 1 atom stereocenters. The van der Waals surface area contributed by atoms with E-state index in [1.807, 2.05) is 30.3 Å². The van der Waals surface area contributed by atoms with Crippen LogP contribution in [0.4, 0.5) is 5.69 Å². The van der Waals surface area contributed by atoms with Crippen LogP contribution in [0.15, 0.2) is 48.5 Å². The first kappa shape index (κ1) is 18.5. The van der Waals surface area contributed by atoms with Crippen LogP contribution in [0.2, 0.25) is 0 Å². The van der Waals surface area contributed by atoms with Gasteiger partial charge in [0.15, 0.2) is 0 Å². The van der Waals surface area contributed by atoms with Crippen molar-refractivity contribution in [3.63, 3.8) is 0 Å². The number of carbonyl (C=O) groups excluding carboxylic acids is 2. The second-order valence-corrected chi connectivity index (χ2v) is 5.61. The molecular weight excluding hydrogens is 320 g/mol. The number of anilines is 1. The zero-order chi connectivity index (χ0) is 18.2. The van der Waals surface area contributed by atoms with Gasteiger partial charge in [-0.15, -0.1) is 0 Å². The number of ether oxygens (including phenoxy) is 1. The summed E-state index contributed by atoms with van der Waals surface area (Å²) in [5, 5.41) is 12.3. The molecule has 6 heteroatoms. The molecule has 6 nitrogen and oxygen atoms in total. The molecule has 1 unspecified atom stereocenters. The Kier molecular flexibility index (Phi) is 6.54. The molecule has 0 aliphatic rings. The Hall–Kier alpha value is -2.86. The predicted molar refractivity (Wildman–Crippen MR) is 95.3 cm³/mol. The number of aliphatic hydroxyl groups excluding tert-OH is 1. The van der Waals surface area contributed by atoms with Crippen LogP contribution in [0.5, 0.6) is 0 Å². The van der Waals surface area contributed by atoms with E-state index in [0.29, 0.717) is 12.1 Å². The van der Waals surface area contributed by atoms with Crippen molar-refractivity contribution in [2.24, 2.45) is 0 Å². The Labute approximate surface area is 146 Å². The maximum Gasteiger partial charge on any atom is 0.338 e. The van der Waals surface area contributed by atoms with Gasteiger partial charge in [0.25, 0.3) is 5.91 Å². The van der Waals surface area contributed by atoms with Crippen molar-refractivity contribution in [1.29, 1.82) is 0 Å². The van der Waals surface area contributed by atoms with Gasteiger partial charge in [-0.3, -0.25) is 4.79 Å². The number of nitrogens with one attached hydrogen (secondary N) is 1. The van der Waals surface area contributed by atoms with E-state index < -0.39 is 17.9 Å². The molecule has 0 radical (unpaired) electrons. The van der Waals surface area contributed by atoms with Gasteiger partial charge in [-0.1, -0.05) is 30.3 Å². The molecule has 0 saturated heterocycles. The van der Waals surface area contributed by atoms with Crippen molar-refractivity contribution < 1.29 is 19.4 Å². The lowest BCUT2D eigenvalue weighted by Gasteiger charge is -2.17. The molecule has 4 N–H and O–H groups in total. The molecular formula is C19H22N2O4. The zero-order valence-electron chi connectivity index (χ0n) is 14.1. The maximum absolute atomic E-state index is 12.5. The highest BCUT2D eigenvalue weighted by atomic mass is 16.5. The van der Waals surface area contributed by atoms with Crippen LogP contribution in [0.3, 0.4) is 0 Å². The third-order valence-corrected chi connectivity index (χ3v) is 3.61. The monoisotopic (exact) mass is 342 g/mol. The maximum atomic E-state index is 12.5. The van der Waals surface area contributed by atoms with Gasteiger partial charge in [0.1, 0.15) is 0 Å². The zero-order valence-corrected chi connectivity index (χ0v) is 14.1. The number of rotatable bonds is 7. The molecule has 0 aromatic heterocycles. The summed E-state index contributed by atoms with van der Waals surface area (Å²) in [6.07, 6.45) is 0.496. The molecule has 0 spiro atoms. The van der Waals surface area contributed by atoms with E-state index in [9.17, 15) is 14.7 Å². The van der Waals surface area contributed by atoms with Gasteiger partial charge < -0.3 is 20.9 Å². The molecule has 132 valence electrons. The van der Waals surface area contributed by atoms with Crippen molar-refractivity contribution >= 4 is 17.6 Å². The highest BCUT2D eigenvalue weighted by Gasteiger charge is 2.16.